The van der Waals surface area contributed by atoms with E-state index >= 15 is 0 Å². The Hall–Kier alpha value is 0.540. The van der Waals surface area contributed by atoms with Gasteiger partial charge in [0.1, 0.15) is 11.1 Å². The average molecular weight is 387 g/mol. The molecule has 6 rings (SSSR count). The van der Waals surface area contributed by atoms with Crippen molar-refractivity contribution >= 4 is 23.2 Å². The molecule has 0 aromatic heterocycles. The van der Waals surface area contributed by atoms with Gasteiger partial charge in [0.25, 0.3) is 0 Å². The molecule has 10 atom stereocenters. The van der Waals surface area contributed by atoms with Crippen LogP contribution in [0.15, 0.2) is 0 Å². The normalized spacial score (nSPS) is 51.8. The molecular weight excluding hydrogens is 351 g/mol. The molecule has 0 aliphatic heterocycles. The van der Waals surface area contributed by atoms with Crippen molar-refractivity contribution < 1.29 is 4.74 Å². The van der Waals surface area contributed by atoms with E-state index in [-0.39, 0.29) is 11.1 Å². The lowest BCUT2D eigenvalue weighted by Gasteiger charge is -2.63. The summed E-state index contributed by atoms with van der Waals surface area (Å²) in [6.45, 7) is 14.5. The van der Waals surface area contributed by atoms with E-state index in [1.54, 1.807) is 0 Å². The monoisotopic (exact) mass is 386 g/mol. The molecule has 144 valence electrons. The molecule has 3 heteroatoms. The predicted molar refractivity (Wildman–Crippen MR) is 106 cm³/mol. The Kier molecular flexibility index (Phi) is 4.54. The van der Waals surface area contributed by atoms with Crippen LogP contribution < -0.4 is 0 Å². The van der Waals surface area contributed by atoms with Crippen LogP contribution in [0.4, 0.5) is 0 Å². The molecule has 25 heavy (non-hydrogen) atoms. The van der Waals surface area contributed by atoms with Crippen LogP contribution in [-0.4, -0.2) is 11.1 Å². The highest BCUT2D eigenvalue weighted by molar-refractivity contribution is 6.22. The number of alkyl halides is 2. The van der Waals surface area contributed by atoms with E-state index in [0.29, 0.717) is 34.5 Å². The Morgan fingerprint density at radius 2 is 1.08 bits per heavy atom. The lowest BCUT2D eigenvalue weighted by molar-refractivity contribution is -0.171. The molecule has 0 heterocycles. The summed E-state index contributed by atoms with van der Waals surface area (Å²) in [6, 6.07) is 0. The van der Waals surface area contributed by atoms with Crippen LogP contribution in [0.3, 0.4) is 0 Å². The van der Waals surface area contributed by atoms with Crippen LogP contribution in [0, 0.1) is 58.2 Å². The van der Waals surface area contributed by atoms with Gasteiger partial charge in [-0.25, -0.2) is 0 Å². The van der Waals surface area contributed by atoms with Gasteiger partial charge in [-0.05, 0) is 72.0 Å². The summed E-state index contributed by atoms with van der Waals surface area (Å²) in [5.41, 5.74) is 0.546. The van der Waals surface area contributed by atoms with E-state index < -0.39 is 0 Å². The van der Waals surface area contributed by atoms with Crippen LogP contribution in [0.25, 0.3) is 0 Å². The first-order chi connectivity index (χ1) is 11.5. The zero-order valence-electron chi connectivity index (χ0n) is 16.8. The minimum absolute atomic E-state index is 0.225. The molecule has 0 radical (unpaired) electrons. The van der Waals surface area contributed by atoms with E-state index in [0.717, 1.165) is 23.7 Å². The molecule has 0 N–H and O–H groups in total. The van der Waals surface area contributed by atoms with Crippen LogP contribution in [-0.2, 0) is 4.74 Å². The second-order valence-electron chi connectivity index (χ2n) is 11.1. The fraction of sp³-hybridized carbons (Fsp3) is 1.00. The third-order valence-electron chi connectivity index (χ3n) is 9.76. The summed E-state index contributed by atoms with van der Waals surface area (Å²) < 4.78 is 6.28. The minimum atomic E-state index is -0.225. The van der Waals surface area contributed by atoms with Crippen molar-refractivity contribution in [2.75, 3.05) is 0 Å². The predicted octanol–water partition coefficient (Wildman–Crippen LogP) is 6.77. The van der Waals surface area contributed by atoms with Crippen LogP contribution in [0.5, 0.6) is 0 Å². The molecule has 0 amide bonds. The molecule has 4 bridgehead atoms. The van der Waals surface area contributed by atoms with Crippen LogP contribution in [0.1, 0.15) is 67.2 Å². The number of halogens is 2. The van der Waals surface area contributed by atoms with Gasteiger partial charge in [-0.15, -0.1) is 0 Å². The lowest BCUT2D eigenvalue weighted by atomic mass is 9.43. The zero-order chi connectivity index (χ0) is 18.3. The Bertz CT molecular complexity index is 484. The maximum absolute atomic E-state index is 6.79. The largest absolute Gasteiger partial charge is 0.343 e. The summed E-state index contributed by atoms with van der Waals surface area (Å²) in [5.74, 6) is 5.45. The quantitative estimate of drug-likeness (QED) is 0.484. The van der Waals surface area contributed by atoms with Crippen LogP contribution >= 0.6 is 23.2 Å². The number of hydrogen-bond donors (Lipinski definition) is 0. The highest BCUT2D eigenvalue weighted by Gasteiger charge is 2.59. The summed E-state index contributed by atoms with van der Waals surface area (Å²) >= 11 is 13.6. The molecule has 1 nitrogen and oxygen atoms in total. The van der Waals surface area contributed by atoms with Gasteiger partial charge < -0.3 is 4.74 Å². The summed E-state index contributed by atoms with van der Waals surface area (Å²) in [4.78, 5) is 0. The minimum Gasteiger partial charge on any atom is -0.343 e. The molecule has 6 aliphatic carbocycles. The van der Waals surface area contributed by atoms with Crippen molar-refractivity contribution in [2.45, 2.75) is 78.4 Å². The first-order valence-electron chi connectivity index (χ1n) is 10.5. The van der Waals surface area contributed by atoms with E-state index in [4.69, 9.17) is 27.9 Å². The van der Waals surface area contributed by atoms with Gasteiger partial charge in [0.15, 0.2) is 0 Å². The zero-order valence-corrected chi connectivity index (χ0v) is 18.3. The highest BCUT2D eigenvalue weighted by atomic mass is 35.5. The fourth-order valence-corrected chi connectivity index (χ4v) is 8.34. The van der Waals surface area contributed by atoms with Gasteiger partial charge >= 0.3 is 0 Å². The lowest BCUT2D eigenvalue weighted by Crippen LogP contribution is -2.58. The molecule has 0 saturated heterocycles. The van der Waals surface area contributed by atoms with Gasteiger partial charge in [0.2, 0.25) is 0 Å². The van der Waals surface area contributed by atoms with Crippen LogP contribution in [0.2, 0.25) is 0 Å². The van der Waals surface area contributed by atoms with E-state index in [1.807, 2.05) is 0 Å². The Morgan fingerprint density at radius 1 is 0.720 bits per heavy atom. The Labute approximate surface area is 164 Å². The summed E-state index contributed by atoms with van der Waals surface area (Å²) in [6.07, 6.45) is 5.19. The van der Waals surface area contributed by atoms with Gasteiger partial charge in [0, 0.05) is 11.8 Å². The van der Waals surface area contributed by atoms with E-state index in [1.165, 1.54) is 25.7 Å². The van der Waals surface area contributed by atoms with E-state index in [9.17, 15) is 0 Å². The van der Waals surface area contributed by atoms with Gasteiger partial charge in [-0.2, -0.15) is 0 Å². The van der Waals surface area contributed by atoms with Crippen molar-refractivity contribution in [3.63, 3.8) is 0 Å². The number of rotatable bonds is 4. The molecule has 6 aliphatic rings. The highest BCUT2D eigenvalue weighted by Crippen LogP contribution is 2.65. The third kappa shape index (κ3) is 2.65. The summed E-state index contributed by atoms with van der Waals surface area (Å²) in [7, 11) is 0. The third-order valence-corrected chi connectivity index (χ3v) is 10.6. The maximum Gasteiger partial charge on any atom is 0.136 e. The van der Waals surface area contributed by atoms with E-state index in [2.05, 4.69) is 41.5 Å². The number of hydrogen-bond acceptors (Lipinski definition) is 1. The van der Waals surface area contributed by atoms with Gasteiger partial charge in [0.05, 0.1) is 0 Å². The van der Waals surface area contributed by atoms with Crippen molar-refractivity contribution in [1.29, 1.82) is 0 Å². The first-order valence-corrected chi connectivity index (χ1v) is 11.4. The van der Waals surface area contributed by atoms with Gasteiger partial charge in [-0.1, -0.05) is 64.7 Å². The fourth-order valence-electron chi connectivity index (χ4n) is 7.40. The maximum atomic E-state index is 6.79. The molecule has 6 saturated carbocycles. The second-order valence-corrected chi connectivity index (χ2v) is 11.9. The SMILES string of the molecule is CC1C(C(Cl)OC(Cl)C2CC3CC(C2C)C3(C)C)CC2CC1C2(C)C. The smallest absolute Gasteiger partial charge is 0.136 e. The first kappa shape index (κ1) is 18.9. The molecule has 0 aromatic carbocycles. The van der Waals surface area contributed by atoms with Gasteiger partial charge in [-0.3, -0.25) is 0 Å². The topological polar surface area (TPSA) is 9.23 Å². The van der Waals surface area contributed by atoms with Crippen molar-refractivity contribution in [2.24, 2.45) is 58.2 Å². The molecule has 10 unspecified atom stereocenters. The average Bonchev–Trinajstić information content (AvgIpc) is 2.53. The standard InChI is InChI=1S/C22H36Cl2O/c1-11-15(7-13-9-17(11)21(13,3)4)19(23)25-20(24)16-8-14-10-18(12(16)2)22(14,5)6/h11-20H,7-10H2,1-6H3. The summed E-state index contributed by atoms with van der Waals surface area (Å²) in [5, 5.41) is 0. The van der Waals surface area contributed by atoms with Crippen molar-refractivity contribution in [3.8, 4) is 0 Å². The molecule has 6 fully saturated rings. The Balaban J connectivity index is 1.37. The second kappa shape index (κ2) is 6.02. The number of ether oxygens (including phenoxy) is 1. The molecule has 0 spiro atoms. The number of fused-ring (bicyclic) bond motifs is 4. The van der Waals surface area contributed by atoms with Crippen molar-refractivity contribution in [1.82, 2.24) is 0 Å². The molecule has 0 aromatic rings. The molecular formula is C22H36Cl2O. The van der Waals surface area contributed by atoms with Crippen molar-refractivity contribution in [3.05, 3.63) is 0 Å². The Morgan fingerprint density at radius 3 is 1.36 bits per heavy atom.